The number of nitrogens with zero attached hydrogens (tertiary/aromatic N) is 1. The van der Waals surface area contributed by atoms with Gasteiger partial charge in [0, 0.05) is 16.5 Å². The number of hydrogen-bond acceptors (Lipinski definition) is 6. The minimum absolute atomic E-state index is 0.0759. The summed E-state index contributed by atoms with van der Waals surface area (Å²) in [5.41, 5.74) is 3.09. The number of carbonyl (C=O) groups excluding carboxylic acids is 1. The molecule has 0 radical (unpaired) electrons. The van der Waals surface area contributed by atoms with E-state index in [1.54, 1.807) is 36.4 Å². The molecular weight excluding hydrogens is 378 g/mol. The molecule has 0 aliphatic rings. The van der Waals surface area contributed by atoms with Crippen LogP contribution in [0.1, 0.15) is 24.2 Å². The molecule has 0 saturated heterocycles. The molecule has 0 aliphatic heterocycles. The van der Waals surface area contributed by atoms with Crippen LogP contribution in [-0.2, 0) is 0 Å². The topological polar surface area (TPSA) is 97.2 Å². The van der Waals surface area contributed by atoms with E-state index in [1.165, 1.54) is 11.3 Å². The molecule has 2 aromatic carbocycles. The second-order valence-electron chi connectivity index (χ2n) is 6.41. The van der Waals surface area contributed by atoms with Crippen LogP contribution in [0.2, 0.25) is 0 Å². The Morgan fingerprint density at radius 2 is 2.00 bits per heavy atom. The summed E-state index contributed by atoms with van der Waals surface area (Å²) in [6, 6.07) is 12.3. The molecule has 4 aromatic rings. The van der Waals surface area contributed by atoms with Gasteiger partial charge in [-0.25, -0.2) is 9.78 Å². The van der Waals surface area contributed by atoms with Crippen molar-refractivity contribution in [1.29, 1.82) is 0 Å². The standard InChI is InChI=1S/C20H17N3O4S/c1-11(2)26-14-6-3-12(4-7-14)18(24)23-19-21-16(10-28-19)13-5-8-15-17(9-13)27-20(25)22-15/h3-11H,1-2H3,(H,22,25)(H,21,23,24). The number of rotatable bonds is 5. The van der Waals surface area contributed by atoms with Crippen LogP contribution in [-0.4, -0.2) is 22.0 Å². The quantitative estimate of drug-likeness (QED) is 0.526. The molecule has 0 atom stereocenters. The fraction of sp³-hybridized carbons (Fsp3) is 0.150. The number of fused-ring (bicyclic) bond motifs is 1. The number of ether oxygens (including phenoxy) is 1. The first-order valence-corrected chi connectivity index (χ1v) is 9.53. The van der Waals surface area contributed by atoms with Crippen molar-refractivity contribution in [2.24, 2.45) is 0 Å². The van der Waals surface area contributed by atoms with Crippen molar-refractivity contribution in [2.75, 3.05) is 5.32 Å². The molecule has 7 nitrogen and oxygen atoms in total. The van der Waals surface area contributed by atoms with Crippen molar-refractivity contribution in [1.82, 2.24) is 9.97 Å². The Morgan fingerprint density at radius 1 is 1.21 bits per heavy atom. The molecule has 0 bridgehead atoms. The molecule has 0 saturated carbocycles. The van der Waals surface area contributed by atoms with E-state index in [9.17, 15) is 9.59 Å². The monoisotopic (exact) mass is 395 g/mol. The summed E-state index contributed by atoms with van der Waals surface area (Å²) < 4.78 is 10.7. The largest absolute Gasteiger partial charge is 0.491 e. The number of oxazole rings is 1. The Hall–Kier alpha value is -3.39. The number of benzene rings is 2. The third kappa shape index (κ3) is 3.81. The van der Waals surface area contributed by atoms with Gasteiger partial charge in [-0.3, -0.25) is 15.1 Å². The zero-order chi connectivity index (χ0) is 19.7. The Bertz CT molecular complexity index is 1190. The average Bonchev–Trinajstić information content (AvgIpc) is 3.26. The van der Waals surface area contributed by atoms with Gasteiger partial charge in [0.15, 0.2) is 10.7 Å². The summed E-state index contributed by atoms with van der Waals surface area (Å²) in [6.07, 6.45) is 0.0759. The highest BCUT2D eigenvalue weighted by Crippen LogP contribution is 2.27. The number of aromatic nitrogens is 2. The molecule has 2 heterocycles. The lowest BCUT2D eigenvalue weighted by molar-refractivity contribution is 0.102. The molecule has 0 unspecified atom stereocenters. The maximum absolute atomic E-state index is 12.4. The highest BCUT2D eigenvalue weighted by Gasteiger charge is 2.12. The van der Waals surface area contributed by atoms with E-state index in [1.807, 2.05) is 25.3 Å². The van der Waals surface area contributed by atoms with Crippen LogP contribution in [0, 0.1) is 0 Å². The highest BCUT2D eigenvalue weighted by atomic mass is 32.1. The molecule has 2 aromatic heterocycles. The molecular formula is C20H17N3O4S. The van der Waals surface area contributed by atoms with E-state index < -0.39 is 5.76 Å². The first kappa shape index (κ1) is 18.0. The molecule has 4 rings (SSSR count). The van der Waals surface area contributed by atoms with Crippen molar-refractivity contribution < 1.29 is 13.9 Å². The summed E-state index contributed by atoms with van der Waals surface area (Å²) in [7, 11) is 0. The summed E-state index contributed by atoms with van der Waals surface area (Å²) >= 11 is 1.32. The van der Waals surface area contributed by atoms with E-state index in [2.05, 4.69) is 15.3 Å². The van der Waals surface area contributed by atoms with Crippen LogP contribution < -0.4 is 15.8 Å². The smallest absolute Gasteiger partial charge is 0.417 e. The minimum atomic E-state index is -0.497. The predicted octanol–water partition coefficient (Wildman–Crippen LogP) is 4.28. The zero-order valence-corrected chi connectivity index (χ0v) is 16.0. The number of carbonyl (C=O) groups is 1. The fourth-order valence-electron chi connectivity index (χ4n) is 2.69. The van der Waals surface area contributed by atoms with E-state index in [4.69, 9.17) is 9.15 Å². The number of hydrogen-bond donors (Lipinski definition) is 2. The summed E-state index contributed by atoms with van der Waals surface area (Å²) in [6.45, 7) is 3.89. The maximum Gasteiger partial charge on any atom is 0.417 e. The van der Waals surface area contributed by atoms with Gasteiger partial charge in [0.1, 0.15) is 5.75 Å². The summed E-state index contributed by atoms with van der Waals surface area (Å²) in [5, 5.41) is 5.12. The molecule has 0 fully saturated rings. The van der Waals surface area contributed by atoms with Crippen LogP contribution in [0.25, 0.3) is 22.4 Å². The second kappa shape index (κ2) is 7.32. The molecule has 0 spiro atoms. The second-order valence-corrected chi connectivity index (χ2v) is 7.27. The third-order valence-electron chi connectivity index (χ3n) is 3.93. The number of anilines is 1. The van der Waals surface area contributed by atoms with Crippen LogP contribution in [0.15, 0.2) is 57.1 Å². The Kier molecular flexibility index (Phi) is 4.70. The molecule has 1 amide bonds. The Labute approximate surface area is 164 Å². The van der Waals surface area contributed by atoms with Crippen LogP contribution in [0.5, 0.6) is 5.75 Å². The zero-order valence-electron chi connectivity index (χ0n) is 15.2. The number of H-pyrrole nitrogens is 1. The summed E-state index contributed by atoms with van der Waals surface area (Å²) in [5.74, 6) is -0.0258. The van der Waals surface area contributed by atoms with Gasteiger partial charge in [0.25, 0.3) is 5.91 Å². The van der Waals surface area contributed by atoms with Crippen molar-refractivity contribution in [3.05, 3.63) is 64.0 Å². The van der Waals surface area contributed by atoms with Gasteiger partial charge >= 0.3 is 5.76 Å². The minimum Gasteiger partial charge on any atom is -0.491 e. The van der Waals surface area contributed by atoms with Gasteiger partial charge < -0.3 is 9.15 Å². The maximum atomic E-state index is 12.4. The lowest BCUT2D eigenvalue weighted by Gasteiger charge is -2.09. The molecule has 0 aliphatic carbocycles. The van der Waals surface area contributed by atoms with E-state index in [-0.39, 0.29) is 12.0 Å². The molecule has 28 heavy (non-hydrogen) atoms. The normalized spacial score (nSPS) is 11.1. The van der Waals surface area contributed by atoms with E-state index >= 15 is 0 Å². The Balaban J connectivity index is 1.49. The van der Waals surface area contributed by atoms with E-state index in [0.717, 1.165) is 11.3 Å². The molecule has 142 valence electrons. The Morgan fingerprint density at radius 3 is 2.75 bits per heavy atom. The van der Waals surface area contributed by atoms with E-state index in [0.29, 0.717) is 27.5 Å². The van der Waals surface area contributed by atoms with Crippen molar-refractivity contribution in [3.8, 4) is 17.0 Å². The number of nitrogens with one attached hydrogen (secondary N) is 2. The highest BCUT2D eigenvalue weighted by molar-refractivity contribution is 7.14. The predicted molar refractivity (Wildman–Crippen MR) is 108 cm³/mol. The summed E-state index contributed by atoms with van der Waals surface area (Å²) in [4.78, 5) is 30.8. The first-order chi connectivity index (χ1) is 13.5. The van der Waals surface area contributed by atoms with Gasteiger partial charge in [-0.05, 0) is 50.2 Å². The van der Waals surface area contributed by atoms with Gasteiger partial charge in [-0.2, -0.15) is 0 Å². The van der Waals surface area contributed by atoms with Crippen molar-refractivity contribution >= 4 is 33.5 Å². The number of aromatic amines is 1. The fourth-order valence-corrected chi connectivity index (χ4v) is 3.41. The SMILES string of the molecule is CC(C)Oc1ccc(C(=O)Nc2nc(-c3ccc4[nH]c(=O)oc4c3)cs2)cc1. The average molecular weight is 395 g/mol. The lowest BCUT2D eigenvalue weighted by Crippen LogP contribution is -2.12. The molecule has 2 N–H and O–H groups in total. The number of amides is 1. The lowest BCUT2D eigenvalue weighted by atomic mass is 10.1. The van der Waals surface area contributed by atoms with Crippen LogP contribution >= 0.6 is 11.3 Å². The third-order valence-corrected chi connectivity index (χ3v) is 4.69. The van der Waals surface area contributed by atoms with Crippen molar-refractivity contribution in [3.63, 3.8) is 0 Å². The molecule has 8 heteroatoms. The van der Waals surface area contributed by atoms with Gasteiger partial charge in [0.05, 0.1) is 17.3 Å². The van der Waals surface area contributed by atoms with Gasteiger partial charge in [-0.15, -0.1) is 11.3 Å². The van der Waals surface area contributed by atoms with Gasteiger partial charge in [0.2, 0.25) is 0 Å². The van der Waals surface area contributed by atoms with Gasteiger partial charge in [-0.1, -0.05) is 6.07 Å². The van der Waals surface area contributed by atoms with Crippen LogP contribution in [0.3, 0.4) is 0 Å². The van der Waals surface area contributed by atoms with Crippen LogP contribution in [0.4, 0.5) is 5.13 Å². The van der Waals surface area contributed by atoms with Crippen molar-refractivity contribution in [2.45, 2.75) is 20.0 Å². The first-order valence-electron chi connectivity index (χ1n) is 8.65. The number of thiazole rings is 1.